The van der Waals surface area contributed by atoms with Crippen molar-refractivity contribution in [3.05, 3.63) is 29.8 Å². The predicted octanol–water partition coefficient (Wildman–Crippen LogP) is 2.91. The number of hydrogen-bond acceptors (Lipinski definition) is 2. The molecule has 3 nitrogen and oxygen atoms in total. The van der Waals surface area contributed by atoms with E-state index in [0.717, 1.165) is 12.1 Å². The van der Waals surface area contributed by atoms with Gasteiger partial charge in [0.2, 0.25) is 0 Å². The fourth-order valence-corrected chi connectivity index (χ4v) is 3.14. The molecule has 16 heavy (non-hydrogen) atoms. The third kappa shape index (κ3) is 1.17. The molecule has 0 radical (unpaired) electrons. The Hall–Kier alpha value is -1.51. The standard InChI is InChI=1S/C13H15NO2/c1-16-13(15)14-11-7-3-2-5-9(11)10-6-4-8-12(10)14/h2-3,5,7,10,12H,4,6,8H2,1H3/t10-,12+/m0/s1. The van der Waals surface area contributed by atoms with Gasteiger partial charge in [-0.2, -0.15) is 0 Å². The first-order valence-corrected chi connectivity index (χ1v) is 5.79. The second-order valence-electron chi connectivity index (χ2n) is 4.50. The summed E-state index contributed by atoms with van der Waals surface area (Å²) in [6, 6.07) is 8.52. The summed E-state index contributed by atoms with van der Waals surface area (Å²) in [5, 5.41) is 0. The van der Waals surface area contributed by atoms with E-state index < -0.39 is 0 Å². The molecule has 3 heteroatoms. The van der Waals surface area contributed by atoms with Crippen molar-refractivity contribution in [2.75, 3.05) is 12.0 Å². The van der Waals surface area contributed by atoms with E-state index in [4.69, 9.17) is 4.74 Å². The highest BCUT2D eigenvalue weighted by molar-refractivity contribution is 5.92. The Bertz CT molecular complexity index is 430. The molecule has 1 aromatic rings. The summed E-state index contributed by atoms with van der Waals surface area (Å²) in [5.41, 5.74) is 2.36. The number of fused-ring (bicyclic) bond motifs is 3. The van der Waals surface area contributed by atoms with Crippen molar-refractivity contribution in [2.45, 2.75) is 31.2 Å². The largest absolute Gasteiger partial charge is 0.452 e. The molecule has 0 spiro atoms. The molecule has 0 N–H and O–H groups in total. The lowest BCUT2D eigenvalue weighted by Gasteiger charge is -2.22. The van der Waals surface area contributed by atoms with Crippen molar-refractivity contribution in [2.24, 2.45) is 0 Å². The van der Waals surface area contributed by atoms with Crippen molar-refractivity contribution < 1.29 is 9.53 Å². The maximum absolute atomic E-state index is 11.8. The van der Waals surface area contributed by atoms with Crippen molar-refractivity contribution in [1.29, 1.82) is 0 Å². The zero-order valence-electron chi connectivity index (χ0n) is 9.35. The highest BCUT2D eigenvalue weighted by Crippen LogP contribution is 2.49. The molecule has 0 aromatic heterocycles. The summed E-state index contributed by atoms with van der Waals surface area (Å²) >= 11 is 0. The molecule has 0 bridgehead atoms. The van der Waals surface area contributed by atoms with E-state index in [-0.39, 0.29) is 6.09 Å². The number of ether oxygens (including phenoxy) is 1. The maximum Gasteiger partial charge on any atom is 0.414 e. The summed E-state index contributed by atoms with van der Waals surface area (Å²) in [6.07, 6.45) is 3.27. The number of hydrogen-bond donors (Lipinski definition) is 0. The van der Waals surface area contributed by atoms with Crippen molar-refractivity contribution in [3.63, 3.8) is 0 Å². The average Bonchev–Trinajstić information content (AvgIpc) is 2.87. The third-order valence-electron chi connectivity index (χ3n) is 3.78. The molecular weight excluding hydrogens is 202 g/mol. The second-order valence-corrected chi connectivity index (χ2v) is 4.50. The van der Waals surface area contributed by atoms with Gasteiger partial charge in [-0.25, -0.2) is 4.79 Å². The number of rotatable bonds is 0. The van der Waals surface area contributed by atoms with Crippen molar-refractivity contribution >= 4 is 11.8 Å². The summed E-state index contributed by atoms with van der Waals surface area (Å²) in [4.78, 5) is 13.7. The topological polar surface area (TPSA) is 29.5 Å². The molecule has 1 aromatic carbocycles. The van der Waals surface area contributed by atoms with Crippen LogP contribution in [0.1, 0.15) is 30.7 Å². The van der Waals surface area contributed by atoms with E-state index in [1.165, 1.54) is 25.5 Å². The summed E-state index contributed by atoms with van der Waals surface area (Å²) < 4.78 is 4.89. The molecule has 3 rings (SSSR count). The van der Waals surface area contributed by atoms with Crippen LogP contribution in [0.5, 0.6) is 0 Å². The molecule has 0 saturated heterocycles. The zero-order valence-corrected chi connectivity index (χ0v) is 9.35. The number of amides is 1. The normalized spacial score (nSPS) is 26.4. The Morgan fingerprint density at radius 2 is 2.19 bits per heavy atom. The average molecular weight is 217 g/mol. The first-order valence-electron chi connectivity index (χ1n) is 5.79. The lowest BCUT2D eigenvalue weighted by Crippen LogP contribution is -2.37. The second kappa shape index (κ2) is 3.51. The van der Waals surface area contributed by atoms with Gasteiger partial charge in [0.25, 0.3) is 0 Å². The highest BCUT2D eigenvalue weighted by atomic mass is 16.5. The Morgan fingerprint density at radius 1 is 1.38 bits per heavy atom. The number of nitrogens with zero attached hydrogens (tertiary/aromatic N) is 1. The van der Waals surface area contributed by atoms with Crippen molar-refractivity contribution in [1.82, 2.24) is 0 Å². The molecule has 1 amide bonds. The zero-order chi connectivity index (χ0) is 11.1. The van der Waals surface area contributed by atoms with Crippen LogP contribution in [0, 0.1) is 0 Å². The van der Waals surface area contributed by atoms with Gasteiger partial charge in [0.15, 0.2) is 0 Å². The molecule has 2 aliphatic rings. The molecule has 1 aliphatic heterocycles. The van der Waals surface area contributed by atoms with Crippen LogP contribution >= 0.6 is 0 Å². The van der Waals surface area contributed by atoms with Gasteiger partial charge in [0, 0.05) is 12.0 Å². The van der Waals surface area contributed by atoms with E-state index in [1.54, 1.807) is 0 Å². The number of carbonyl (C=O) groups excluding carboxylic acids is 1. The van der Waals surface area contributed by atoms with Crippen LogP contribution in [-0.2, 0) is 4.74 Å². The van der Waals surface area contributed by atoms with Gasteiger partial charge in [0.05, 0.1) is 12.8 Å². The van der Waals surface area contributed by atoms with Gasteiger partial charge in [-0.05, 0) is 24.5 Å². The number of carbonyl (C=O) groups is 1. The Labute approximate surface area is 95.0 Å². The molecule has 0 unspecified atom stereocenters. The molecule has 1 saturated carbocycles. The van der Waals surface area contributed by atoms with Gasteiger partial charge < -0.3 is 4.74 Å². The minimum Gasteiger partial charge on any atom is -0.452 e. The monoisotopic (exact) mass is 217 g/mol. The van der Waals surface area contributed by atoms with E-state index >= 15 is 0 Å². The predicted molar refractivity (Wildman–Crippen MR) is 61.7 cm³/mol. The number of methoxy groups -OCH3 is 1. The molecule has 1 heterocycles. The van der Waals surface area contributed by atoms with Gasteiger partial charge >= 0.3 is 6.09 Å². The van der Waals surface area contributed by atoms with Gasteiger partial charge in [-0.15, -0.1) is 0 Å². The van der Waals surface area contributed by atoms with Crippen LogP contribution in [0.4, 0.5) is 10.5 Å². The Kier molecular flexibility index (Phi) is 2.13. The SMILES string of the molecule is COC(=O)N1c2ccccc2[C@@H]2CCC[C@H]21. The van der Waals surface area contributed by atoms with E-state index in [9.17, 15) is 4.79 Å². The number of para-hydroxylation sites is 1. The van der Waals surface area contributed by atoms with Crippen LogP contribution in [0.15, 0.2) is 24.3 Å². The van der Waals surface area contributed by atoms with E-state index in [2.05, 4.69) is 12.1 Å². The van der Waals surface area contributed by atoms with E-state index in [0.29, 0.717) is 12.0 Å². The number of anilines is 1. The summed E-state index contributed by atoms with van der Waals surface area (Å²) in [5.74, 6) is 0.523. The third-order valence-corrected chi connectivity index (χ3v) is 3.78. The summed E-state index contributed by atoms with van der Waals surface area (Å²) in [7, 11) is 1.45. The fourth-order valence-electron chi connectivity index (χ4n) is 3.14. The molecule has 1 aliphatic carbocycles. The molecular formula is C13H15NO2. The van der Waals surface area contributed by atoms with Crippen LogP contribution in [-0.4, -0.2) is 19.2 Å². The maximum atomic E-state index is 11.8. The molecule has 84 valence electrons. The van der Waals surface area contributed by atoms with Crippen LogP contribution in [0.2, 0.25) is 0 Å². The Balaban J connectivity index is 2.08. The molecule has 1 fully saturated rings. The quantitative estimate of drug-likeness (QED) is 0.668. The van der Waals surface area contributed by atoms with Crippen LogP contribution in [0.25, 0.3) is 0 Å². The summed E-state index contributed by atoms with van der Waals surface area (Å²) in [6.45, 7) is 0. The molecule has 2 atom stereocenters. The first-order chi connectivity index (χ1) is 7.83. The lowest BCUT2D eigenvalue weighted by molar-refractivity contribution is 0.176. The minimum absolute atomic E-state index is 0.221. The Morgan fingerprint density at radius 3 is 3.00 bits per heavy atom. The lowest BCUT2D eigenvalue weighted by atomic mass is 9.98. The van der Waals surface area contributed by atoms with Crippen LogP contribution < -0.4 is 4.90 Å². The number of benzene rings is 1. The first kappa shape index (κ1) is 9.70. The minimum atomic E-state index is -0.221. The smallest absolute Gasteiger partial charge is 0.414 e. The van der Waals surface area contributed by atoms with E-state index in [1.807, 2.05) is 17.0 Å². The van der Waals surface area contributed by atoms with Crippen LogP contribution in [0.3, 0.4) is 0 Å². The highest BCUT2D eigenvalue weighted by Gasteiger charge is 2.44. The fraction of sp³-hybridized carbons (Fsp3) is 0.462. The van der Waals surface area contributed by atoms with Gasteiger partial charge in [-0.1, -0.05) is 24.6 Å². The van der Waals surface area contributed by atoms with Crippen molar-refractivity contribution in [3.8, 4) is 0 Å². The van der Waals surface area contributed by atoms with Gasteiger partial charge in [0.1, 0.15) is 0 Å². The van der Waals surface area contributed by atoms with Gasteiger partial charge in [-0.3, -0.25) is 4.90 Å².